The number of hydrogen-bond donors (Lipinski definition) is 1. The van der Waals surface area contributed by atoms with Gasteiger partial charge in [-0.15, -0.1) is 0 Å². The molecule has 4 heavy (non-hydrogen) atoms. The number of hydrogen-bond acceptors (Lipinski definition) is 3. The van der Waals surface area contributed by atoms with Crippen molar-refractivity contribution in [1.29, 1.82) is 0 Å². The molecule has 0 spiro atoms. The maximum atomic E-state index is 8.25. The van der Waals surface area contributed by atoms with Gasteiger partial charge in [-0.05, 0) is 0 Å². The fraction of sp³-hybridized carbons (Fsp3) is 0. The van der Waals surface area contributed by atoms with Gasteiger partial charge in [-0.3, -0.25) is 0 Å². The van der Waals surface area contributed by atoms with E-state index in [4.69, 9.17) is 9.90 Å². The number of carbonyl (C=O) groups excluding carboxylic acids is 1. The van der Waals surface area contributed by atoms with E-state index in [0.29, 0.717) is 0 Å². The zero-order valence-corrected chi connectivity index (χ0v) is 2.10. The van der Waals surface area contributed by atoms with E-state index in [1.54, 1.807) is 0 Å². The summed E-state index contributed by atoms with van der Waals surface area (Å²) in [5.41, 5.74) is 0. The second-order valence-corrected chi connectivity index (χ2v) is 0.0962. The zero-order valence-electron chi connectivity index (χ0n) is 2.10. The van der Waals surface area contributed by atoms with Crippen LogP contribution >= 0.6 is 0 Å². The van der Waals surface area contributed by atoms with Crippen molar-refractivity contribution in [3.05, 3.63) is 0 Å². The van der Waals surface area contributed by atoms with E-state index in [0.717, 1.165) is 0 Å². The Morgan fingerprint density at radius 1 is 1.75 bits per heavy atom. The lowest BCUT2D eigenvalue weighted by molar-refractivity contribution is -0.283. The lowest BCUT2D eigenvalue weighted by Gasteiger charge is -1.52. The first-order chi connectivity index (χ1) is 1.41. The van der Waals surface area contributed by atoms with Crippen molar-refractivity contribution in [3.63, 3.8) is 0 Å². The van der Waals surface area contributed by atoms with Gasteiger partial charge in [0.2, 0.25) is 0 Å². The Labute approximate surface area is 23.8 Å². The molecule has 0 radical (unpaired) electrons. The fourth-order valence-electron chi connectivity index (χ4n) is 0. The van der Waals surface area contributed by atoms with Crippen LogP contribution in [0.2, 0.25) is 0 Å². The third-order valence-electron chi connectivity index (χ3n) is 0. The maximum absolute atomic E-state index is 8.25. The van der Waals surface area contributed by atoms with Crippen molar-refractivity contribution >= 4 is 6.47 Å². The molecular formula is CH4NO2-. The van der Waals surface area contributed by atoms with E-state index >= 15 is 0 Å². The average molecular weight is 62.0 g/mol. The Bertz CT molecular complexity index is 13.5. The highest BCUT2D eigenvalue weighted by Crippen LogP contribution is 0.754. The predicted molar refractivity (Wildman–Crippen MR) is 11.1 cm³/mol. The molecule has 0 rings (SSSR count). The lowest BCUT2D eigenvalue weighted by atomic mass is 11.7. The van der Waals surface area contributed by atoms with Crippen LogP contribution in [0.15, 0.2) is 0 Å². The van der Waals surface area contributed by atoms with E-state index in [-0.39, 0.29) is 6.15 Å². The first-order valence-electron chi connectivity index (χ1n) is 0.471. The summed E-state index contributed by atoms with van der Waals surface area (Å²) < 4.78 is 0. The normalized spacial score (nSPS) is 3.00. The van der Waals surface area contributed by atoms with E-state index < -0.39 is 6.47 Å². The molecule has 0 unspecified atom stereocenters. The Hall–Kier alpha value is -0.570. The van der Waals surface area contributed by atoms with E-state index in [2.05, 4.69) is 0 Å². The van der Waals surface area contributed by atoms with E-state index in [9.17, 15) is 0 Å². The number of carbonyl (C=O) groups is 1. The van der Waals surface area contributed by atoms with Crippen LogP contribution < -0.4 is 11.3 Å². The SMILES string of the molecule is N.O=C[O-]. The van der Waals surface area contributed by atoms with Gasteiger partial charge in [0.1, 0.15) is 0 Å². The number of carboxylic acid groups (broad SMARTS) is 1. The molecular weight excluding hydrogens is 58.0 g/mol. The summed E-state index contributed by atoms with van der Waals surface area (Å²) in [5, 5.41) is 8.25. The first kappa shape index (κ1) is 9.90. The van der Waals surface area contributed by atoms with Crippen LogP contribution in [0.3, 0.4) is 0 Å². The number of rotatable bonds is 0. The van der Waals surface area contributed by atoms with Crippen molar-refractivity contribution in [3.8, 4) is 0 Å². The molecule has 0 aliphatic rings. The molecule has 0 fully saturated rings. The van der Waals surface area contributed by atoms with E-state index in [1.165, 1.54) is 0 Å². The topological polar surface area (TPSA) is 75.1 Å². The van der Waals surface area contributed by atoms with Crippen LogP contribution in [-0.2, 0) is 4.79 Å². The van der Waals surface area contributed by atoms with Crippen molar-refractivity contribution in [2.24, 2.45) is 0 Å². The van der Waals surface area contributed by atoms with Crippen LogP contribution in [0, 0.1) is 0 Å². The van der Waals surface area contributed by atoms with Crippen LogP contribution in [0.25, 0.3) is 0 Å². The summed E-state index contributed by atoms with van der Waals surface area (Å²) in [4.78, 5) is 8.25. The minimum absolute atomic E-state index is 0. The summed E-state index contributed by atoms with van der Waals surface area (Å²) in [6.07, 6.45) is 0. The van der Waals surface area contributed by atoms with Crippen molar-refractivity contribution in [2.45, 2.75) is 0 Å². The second kappa shape index (κ2) is 26.9. The highest BCUT2D eigenvalue weighted by Gasteiger charge is 0.996. The zero-order chi connectivity index (χ0) is 2.71. The van der Waals surface area contributed by atoms with Gasteiger partial charge in [-0.2, -0.15) is 0 Å². The van der Waals surface area contributed by atoms with Gasteiger partial charge in [-0.25, -0.2) is 0 Å². The minimum atomic E-state index is -0.500. The lowest BCUT2D eigenvalue weighted by Crippen LogP contribution is -2.01. The molecule has 26 valence electrons. The van der Waals surface area contributed by atoms with Crippen molar-refractivity contribution in [1.82, 2.24) is 6.15 Å². The van der Waals surface area contributed by atoms with Gasteiger partial charge >= 0.3 is 0 Å². The van der Waals surface area contributed by atoms with Crippen LogP contribution in [0.5, 0.6) is 0 Å². The predicted octanol–water partition coefficient (Wildman–Crippen LogP) is -1.47. The van der Waals surface area contributed by atoms with Gasteiger partial charge in [-0.1, -0.05) is 0 Å². The molecule has 0 atom stereocenters. The van der Waals surface area contributed by atoms with Gasteiger partial charge in [0.25, 0.3) is 0 Å². The molecule has 3 heteroatoms. The third-order valence-corrected chi connectivity index (χ3v) is 0. The molecule has 0 aromatic heterocycles. The summed E-state index contributed by atoms with van der Waals surface area (Å²) in [7, 11) is 0. The quantitative estimate of drug-likeness (QED) is 0.348. The molecule has 3 N–H and O–H groups in total. The molecule has 0 amide bonds. The van der Waals surface area contributed by atoms with Crippen molar-refractivity contribution in [2.75, 3.05) is 0 Å². The Kier molecular flexibility index (Phi) is 66.5. The molecule has 0 heterocycles. The van der Waals surface area contributed by atoms with Gasteiger partial charge in [0.15, 0.2) is 0 Å². The molecule has 0 aliphatic heterocycles. The molecule has 0 aromatic carbocycles. The second-order valence-electron chi connectivity index (χ2n) is 0.0962. The standard InChI is InChI=1S/CH2O2.H3N/c2-1-3;/h1H,(H,2,3);1H3/p-1. The largest absolute Gasteiger partial charge is 0.554 e. The molecule has 0 saturated carbocycles. The maximum Gasteiger partial charge on any atom is 0.0275 e. The minimum Gasteiger partial charge on any atom is -0.554 e. The molecule has 0 aromatic rings. The van der Waals surface area contributed by atoms with Gasteiger partial charge in [0, 0.05) is 6.47 Å². The highest BCUT2D eigenvalue weighted by atomic mass is 16.3. The smallest absolute Gasteiger partial charge is 0.0275 e. The van der Waals surface area contributed by atoms with Crippen LogP contribution in [0.1, 0.15) is 0 Å². The van der Waals surface area contributed by atoms with Gasteiger partial charge in [0.05, 0.1) is 0 Å². The van der Waals surface area contributed by atoms with Crippen molar-refractivity contribution < 1.29 is 9.90 Å². The molecule has 0 saturated heterocycles. The Morgan fingerprint density at radius 2 is 1.75 bits per heavy atom. The Balaban J connectivity index is 0. The molecule has 0 aliphatic carbocycles. The highest BCUT2D eigenvalue weighted by molar-refractivity contribution is 5.29. The Morgan fingerprint density at radius 3 is 1.75 bits per heavy atom. The summed E-state index contributed by atoms with van der Waals surface area (Å²) in [6.45, 7) is -0.500. The summed E-state index contributed by atoms with van der Waals surface area (Å²) in [6, 6.07) is 0. The average Bonchev–Trinajstić information content (AvgIpc) is 0.918. The van der Waals surface area contributed by atoms with Crippen LogP contribution in [0.4, 0.5) is 0 Å². The van der Waals surface area contributed by atoms with E-state index in [1.807, 2.05) is 0 Å². The third kappa shape index (κ3) is 0.814. The first-order valence-corrected chi connectivity index (χ1v) is 0.471. The summed E-state index contributed by atoms with van der Waals surface area (Å²) >= 11 is 0. The summed E-state index contributed by atoms with van der Waals surface area (Å²) in [5.74, 6) is 0. The molecule has 3 nitrogen and oxygen atoms in total. The monoisotopic (exact) mass is 62.0 g/mol. The molecule has 0 bridgehead atoms. The fourth-order valence-corrected chi connectivity index (χ4v) is 0. The van der Waals surface area contributed by atoms with Gasteiger partial charge < -0.3 is 16.1 Å². The van der Waals surface area contributed by atoms with Crippen LogP contribution in [-0.4, -0.2) is 6.47 Å².